The molecule has 10 rings (SSSR count). The largest absolute Gasteiger partial charge is 0.458 e. The van der Waals surface area contributed by atoms with Gasteiger partial charge in [-0.25, -0.2) is 0 Å². The molecule has 0 amide bonds. The molecule has 0 fully saturated rings. The molecule has 46 heavy (non-hydrogen) atoms. The Morgan fingerprint density at radius 2 is 0.913 bits per heavy atom. The molecule has 0 saturated heterocycles. The summed E-state index contributed by atoms with van der Waals surface area (Å²) in [4.78, 5) is 0. The summed E-state index contributed by atoms with van der Waals surface area (Å²) in [6.07, 6.45) is 0. The quantitative estimate of drug-likeness (QED) is 0.246. The van der Waals surface area contributed by atoms with E-state index in [0.717, 1.165) is 39.6 Å². The Balaban J connectivity index is 1.39. The Labute approximate surface area is 269 Å². The van der Waals surface area contributed by atoms with Gasteiger partial charge in [-0.3, -0.25) is 0 Å². The van der Waals surface area contributed by atoms with Gasteiger partial charge in [-0.2, -0.15) is 0 Å². The molecular weight excluding hydrogens is 575 g/mol. The van der Waals surface area contributed by atoms with Crippen molar-refractivity contribution < 1.29 is 9.47 Å². The second kappa shape index (κ2) is 9.71. The molecule has 0 saturated carbocycles. The molecule has 0 radical (unpaired) electrons. The number of rotatable bonds is 2. The average molecular weight is 603 g/mol. The van der Waals surface area contributed by atoms with Crippen molar-refractivity contribution in [2.45, 2.75) is 0 Å². The van der Waals surface area contributed by atoms with E-state index in [0.29, 0.717) is 0 Å². The van der Waals surface area contributed by atoms with E-state index >= 15 is 0 Å². The summed E-state index contributed by atoms with van der Waals surface area (Å²) in [5.41, 5.74) is 8.20. The average Bonchev–Trinajstić information content (AvgIpc) is 3.23. The predicted octanol–water partition coefficient (Wildman–Crippen LogP) is 5.44. The summed E-state index contributed by atoms with van der Waals surface area (Å²) >= 11 is 0. The van der Waals surface area contributed by atoms with E-state index in [2.05, 4.69) is 164 Å². The molecule has 0 aliphatic carbocycles. The van der Waals surface area contributed by atoms with Crippen molar-refractivity contribution in [3.05, 3.63) is 164 Å². The van der Waals surface area contributed by atoms with Crippen molar-refractivity contribution in [2.24, 2.45) is 0 Å². The van der Waals surface area contributed by atoms with Crippen LogP contribution in [0.25, 0.3) is 22.3 Å². The zero-order valence-corrected chi connectivity index (χ0v) is 26.0. The van der Waals surface area contributed by atoms with Crippen LogP contribution in [0.4, 0.5) is 0 Å². The Bertz CT molecular complexity index is 2280. The molecule has 0 atom stereocenters. The summed E-state index contributed by atoms with van der Waals surface area (Å²) in [7, 11) is -2.83. The lowest BCUT2D eigenvalue weighted by Crippen LogP contribution is -2.75. The van der Waals surface area contributed by atoms with Crippen molar-refractivity contribution in [2.75, 3.05) is 0 Å². The number of hydrogen-bond donors (Lipinski definition) is 0. The third-order valence-electron chi connectivity index (χ3n) is 10.1. The van der Waals surface area contributed by atoms with Gasteiger partial charge >= 0.3 is 0 Å². The van der Waals surface area contributed by atoms with Crippen LogP contribution in [0, 0.1) is 0 Å². The first-order valence-electron chi connectivity index (χ1n) is 15.9. The van der Waals surface area contributed by atoms with Crippen molar-refractivity contribution in [1.82, 2.24) is 0 Å². The Kier molecular flexibility index (Phi) is 5.43. The molecule has 214 valence electrons. The molecule has 3 aliphatic rings. The summed E-state index contributed by atoms with van der Waals surface area (Å²) in [5, 5.41) is 5.46. The smallest absolute Gasteiger partial charge is 0.260 e. The van der Waals surface area contributed by atoms with Gasteiger partial charge in [0.1, 0.15) is 23.0 Å². The Hall–Kier alpha value is -5.58. The maximum atomic E-state index is 7.08. The normalized spacial score (nSPS) is 14.1. The van der Waals surface area contributed by atoms with Crippen LogP contribution in [0.3, 0.4) is 0 Å². The summed E-state index contributed by atoms with van der Waals surface area (Å²) in [5.74, 6) is 3.58. The first kappa shape index (κ1) is 25.7. The van der Waals surface area contributed by atoms with E-state index in [4.69, 9.17) is 9.47 Å². The van der Waals surface area contributed by atoms with Crippen LogP contribution in [0.15, 0.2) is 164 Å². The molecule has 4 heteroatoms. The third kappa shape index (κ3) is 3.37. The second-order valence-corrected chi connectivity index (χ2v) is 16.1. The fourth-order valence-electron chi connectivity index (χ4n) is 8.31. The van der Waals surface area contributed by atoms with Crippen molar-refractivity contribution in [3.63, 3.8) is 0 Å². The summed E-state index contributed by atoms with van der Waals surface area (Å²) in [6, 6.07) is 59.7. The number of para-hydroxylation sites is 2. The molecule has 0 unspecified atom stereocenters. The fourth-order valence-corrected chi connectivity index (χ4v) is 13.5. The zero-order chi connectivity index (χ0) is 30.2. The van der Waals surface area contributed by atoms with E-state index in [9.17, 15) is 0 Å². The van der Waals surface area contributed by atoms with E-state index in [-0.39, 0.29) is 6.71 Å². The lowest BCUT2D eigenvalue weighted by molar-refractivity contribution is 0.466. The maximum absolute atomic E-state index is 7.08. The highest BCUT2D eigenvalue weighted by Gasteiger charge is 2.49. The number of fused-ring (bicyclic) bond motifs is 10. The first-order chi connectivity index (χ1) is 22.8. The van der Waals surface area contributed by atoms with Gasteiger partial charge in [-0.1, -0.05) is 146 Å². The van der Waals surface area contributed by atoms with Crippen molar-refractivity contribution >= 4 is 51.9 Å². The second-order valence-electron chi connectivity index (χ2n) is 12.3. The van der Waals surface area contributed by atoms with Gasteiger partial charge < -0.3 is 9.47 Å². The molecule has 0 aromatic heterocycles. The molecule has 0 N–H and O–H groups in total. The Morgan fingerprint density at radius 3 is 1.57 bits per heavy atom. The minimum atomic E-state index is -2.83. The summed E-state index contributed by atoms with van der Waals surface area (Å²) in [6.45, 7) is 0.0149. The van der Waals surface area contributed by atoms with Gasteiger partial charge in [0, 0.05) is 11.0 Å². The SMILES string of the molecule is c1ccc([Si]2(c3ccccc3)c3ccccc3-c3cc4c5c(c3-c3ccccc32)Oc2ccccc2B5c2ccccc2O4)cc1. The highest BCUT2D eigenvalue weighted by molar-refractivity contribution is 7.21. The molecule has 0 bridgehead atoms. The van der Waals surface area contributed by atoms with Crippen LogP contribution in [0.2, 0.25) is 0 Å². The lowest BCUT2D eigenvalue weighted by atomic mass is 9.34. The first-order valence-corrected chi connectivity index (χ1v) is 17.9. The lowest BCUT2D eigenvalue weighted by Gasteiger charge is -2.36. The molecule has 2 nitrogen and oxygen atoms in total. The van der Waals surface area contributed by atoms with Crippen LogP contribution in [-0.2, 0) is 0 Å². The van der Waals surface area contributed by atoms with Gasteiger partial charge in [-0.05, 0) is 66.6 Å². The van der Waals surface area contributed by atoms with Gasteiger partial charge in [0.25, 0.3) is 6.71 Å². The minimum absolute atomic E-state index is 0.0149. The van der Waals surface area contributed by atoms with E-state index in [1.165, 1.54) is 42.8 Å². The standard InChI is InChI=1S/C42H27BO2Si/c1-3-15-28(16-4-1)46(29-17-5-2-6-18-29)38-25-13-7-19-30(38)32-27-37-41-42(40(32)31-20-8-14-26-39(31)46)45-36-24-12-10-22-34(36)43(41)33-21-9-11-23-35(33)44-37/h1-27H. The van der Waals surface area contributed by atoms with Crippen LogP contribution in [-0.4, -0.2) is 14.8 Å². The zero-order valence-electron chi connectivity index (χ0n) is 25.0. The van der Waals surface area contributed by atoms with Gasteiger partial charge in [0.15, 0.2) is 8.07 Å². The highest BCUT2D eigenvalue weighted by atomic mass is 28.3. The molecule has 7 aromatic carbocycles. The molecule has 0 spiro atoms. The van der Waals surface area contributed by atoms with Crippen LogP contribution < -0.4 is 46.6 Å². The van der Waals surface area contributed by atoms with Gasteiger partial charge in [0.05, 0.1) is 0 Å². The van der Waals surface area contributed by atoms with E-state index < -0.39 is 8.07 Å². The molecule has 3 heterocycles. The topological polar surface area (TPSA) is 18.5 Å². The van der Waals surface area contributed by atoms with Crippen LogP contribution in [0.5, 0.6) is 23.0 Å². The molecule has 3 aliphatic heterocycles. The third-order valence-corrected chi connectivity index (χ3v) is 15.0. The van der Waals surface area contributed by atoms with Gasteiger partial charge in [0.2, 0.25) is 0 Å². The maximum Gasteiger partial charge on any atom is 0.260 e. The molecule has 7 aromatic rings. The van der Waals surface area contributed by atoms with Crippen molar-refractivity contribution in [1.29, 1.82) is 0 Å². The highest BCUT2D eigenvalue weighted by Crippen LogP contribution is 2.47. The predicted molar refractivity (Wildman–Crippen MR) is 192 cm³/mol. The van der Waals surface area contributed by atoms with E-state index in [1.807, 2.05) is 0 Å². The summed E-state index contributed by atoms with van der Waals surface area (Å²) < 4.78 is 13.9. The fraction of sp³-hybridized carbons (Fsp3) is 0. The molecular formula is C42H27BO2Si. The van der Waals surface area contributed by atoms with Crippen LogP contribution >= 0.6 is 0 Å². The van der Waals surface area contributed by atoms with Crippen molar-refractivity contribution in [3.8, 4) is 45.3 Å². The number of hydrogen-bond acceptors (Lipinski definition) is 2. The minimum Gasteiger partial charge on any atom is -0.458 e. The monoisotopic (exact) mass is 602 g/mol. The van der Waals surface area contributed by atoms with Gasteiger partial charge in [-0.15, -0.1) is 0 Å². The van der Waals surface area contributed by atoms with Crippen LogP contribution in [0.1, 0.15) is 0 Å². The number of benzene rings is 7. The number of ether oxygens (including phenoxy) is 2. The van der Waals surface area contributed by atoms with E-state index in [1.54, 1.807) is 0 Å². The Morgan fingerprint density at radius 1 is 0.413 bits per heavy atom.